The van der Waals surface area contributed by atoms with Crippen molar-refractivity contribution in [2.24, 2.45) is 0 Å². The molecule has 0 radical (unpaired) electrons. The first kappa shape index (κ1) is 19.1. The smallest absolute Gasteiger partial charge is 0.197 e. The normalized spacial score (nSPS) is 26.5. The van der Waals surface area contributed by atoms with Crippen molar-refractivity contribution in [3.05, 3.63) is 0 Å². The lowest BCUT2D eigenvalue weighted by Gasteiger charge is -2.45. The molecule has 0 bridgehead atoms. The minimum Gasteiger partial charge on any atom is -0.197 e. The predicted octanol–water partition coefficient (Wildman–Crippen LogP) is 5.89. The maximum Gasteiger partial charge on any atom is 0.296 e. The van der Waals surface area contributed by atoms with Crippen molar-refractivity contribution in [1.82, 2.24) is 0 Å². The maximum atomic E-state index is 12.4. The molecule has 0 saturated heterocycles. The van der Waals surface area contributed by atoms with Crippen LogP contribution in [0.3, 0.4) is 0 Å². The Balaban J connectivity index is 1.98. The standard InChI is InChI=1S/C19H36O3PS/c1-24(20,21)22-23(17-11-5-2-6-12-17,18-13-7-3-8-14-18)19-15-9-4-10-16-19/h17-19H,2-16H2,1H3/q+1. The summed E-state index contributed by atoms with van der Waals surface area (Å²) >= 11 is 0. The summed E-state index contributed by atoms with van der Waals surface area (Å²) in [5.41, 5.74) is 1.69. The molecule has 0 aromatic carbocycles. The minimum absolute atomic E-state index is 0.562. The van der Waals surface area contributed by atoms with Crippen LogP contribution in [-0.4, -0.2) is 31.7 Å². The van der Waals surface area contributed by atoms with Gasteiger partial charge in [0.15, 0.2) is 7.49 Å². The van der Waals surface area contributed by atoms with Gasteiger partial charge in [0.2, 0.25) is 0 Å². The Kier molecular flexibility index (Phi) is 6.65. The van der Waals surface area contributed by atoms with E-state index in [4.69, 9.17) is 3.97 Å². The van der Waals surface area contributed by atoms with E-state index < -0.39 is 17.6 Å². The van der Waals surface area contributed by atoms with Crippen LogP contribution in [0.25, 0.3) is 0 Å². The minimum atomic E-state index is -3.38. The molecule has 3 fully saturated rings. The second kappa shape index (κ2) is 8.35. The van der Waals surface area contributed by atoms with E-state index in [1.165, 1.54) is 103 Å². The highest BCUT2D eigenvalue weighted by Gasteiger charge is 2.61. The van der Waals surface area contributed by atoms with Gasteiger partial charge in [-0.1, -0.05) is 19.3 Å². The van der Waals surface area contributed by atoms with Crippen molar-refractivity contribution in [1.29, 1.82) is 0 Å². The van der Waals surface area contributed by atoms with Crippen LogP contribution in [0.1, 0.15) is 96.3 Å². The van der Waals surface area contributed by atoms with Gasteiger partial charge in [0.25, 0.3) is 10.1 Å². The van der Waals surface area contributed by atoms with E-state index >= 15 is 0 Å². The SMILES string of the molecule is CS(=O)(=O)O[P+](C1CCCCC1)(C1CCCCC1)C1CCCCC1. The van der Waals surface area contributed by atoms with Gasteiger partial charge in [-0.15, -0.1) is 3.97 Å². The monoisotopic (exact) mass is 375 g/mol. The molecule has 0 amide bonds. The molecule has 0 N–H and O–H groups in total. The van der Waals surface area contributed by atoms with Gasteiger partial charge in [0.05, 0.1) is 23.2 Å². The summed E-state index contributed by atoms with van der Waals surface area (Å²) in [5, 5.41) is 0. The first-order valence-corrected chi connectivity index (χ1v) is 14.0. The highest BCUT2D eigenvalue weighted by Crippen LogP contribution is 2.78. The first-order chi connectivity index (χ1) is 11.5. The van der Waals surface area contributed by atoms with Crippen molar-refractivity contribution in [3.8, 4) is 0 Å². The van der Waals surface area contributed by atoms with Gasteiger partial charge in [0.1, 0.15) is 0 Å². The van der Waals surface area contributed by atoms with Gasteiger partial charge in [-0.2, -0.15) is 8.42 Å². The van der Waals surface area contributed by atoms with Crippen LogP contribution in [0, 0.1) is 0 Å². The third-order valence-electron chi connectivity index (χ3n) is 6.70. The molecule has 3 saturated carbocycles. The Morgan fingerprint density at radius 3 is 1.17 bits per heavy atom. The highest BCUT2D eigenvalue weighted by molar-refractivity contribution is 7.93. The average molecular weight is 376 g/mol. The summed E-state index contributed by atoms with van der Waals surface area (Å²) in [5.74, 6) is 0. The van der Waals surface area contributed by atoms with Gasteiger partial charge in [-0.25, -0.2) is 0 Å². The van der Waals surface area contributed by atoms with Gasteiger partial charge in [0, 0.05) is 0 Å². The van der Waals surface area contributed by atoms with Crippen LogP contribution >= 0.6 is 7.49 Å². The molecule has 0 aliphatic heterocycles. The van der Waals surface area contributed by atoms with Crippen LogP contribution in [0.4, 0.5) is 0 Å². The number of rotatable bonds is 5. The lowest BCUT2D eigenvalue weighted by atomic mass is 9.99. The van der Waals surface area contributed by atoms with Crippen molar-refractivity contribution >= 4 is 17.6 Å². The topological polar surface area (TPSA) is 43.4 Å². The molecule has 3 nitrogen and oxygen atoms in total. The largest absolute Gasteiger partial charge is 0.296 e. The molecule has 3 aliphatic rings. The molecule has 0 aromatic rings. The lowest BCUT2D eigenvalue weighted by Crippen LogP contribution is -2.38. The molecule has 3 rings (SSSR count). The van der Waals surface area contributed by atoms with Crippen molar-refractivity contribution < 1.29 is 12.4 Å². The highest BCUT2D eigenvalue weighted by atomic mass is 32.2. The third kappa shape index (κ3) is 4.35. The summed E-state index contributed by atoms with van der Waals surface area (Å²) < 4.78 is 31.1. The summed E-state index contributed by atoms with van der Waals surface area (Å²) in [6.07, 6.45) is 20.3. The summed E-state index contributed by atoms with van der Waals surface area (Å²) in [4.78, 5) is 0. The molecule has 0 unspecified atom stereocenters. The predicted molar refractivity (Wildman–Crippen MR) is 103 cm³/mol. The quantitative estimate of drug-likeness (QED) is 0.562. The zero-order valence-corrected chi connectivity index (χ0v) is 17.1. The lowest BCUT2D eigenvalue weighted by molar-refractivity contribution is 0.400. The Morgan fingerprint density at radius 2 is 0.917 bits per heavy atom. The van der Waals surface area contributed by atoms with E-state index in [0.717, 1.165) is 0 Å². The Hall–Kier alpha value is 0.340. The van der Waals surface area contributed by atoms with Gasteiger partial charge in [-0.05, 0) is 77.0 Å². The number of hydrogen-bond acceptors (Lipinski definition) is 3. The zero-order valence-electron chi connectivity index (χ0n) is 15.4. The van der Waals surface area contributed by atoms with Crippen molar-refractivity contribution in [2.75, 3.05) is 6.26 Å². The van der Waals surface area contributed by atoms with E-state index in [-0.39, 0.29) is 0 Å². The van der Waals surface area contributed by atoms with Gasteiger partial charge < -0.3 is 0 Å². The summed E-state index contributed by atoms with van der Waals surface area (Å²) in [6.45, 7) is 0. The molecular weight excluding hydrogens is 339 g/mol. The van der Waals surface area contributed by atoms with Gasteiger partial charge in [-0.3, -0.25) is 0 Å². The fourth-order valence-corrected chi connectivity index (χ4v) is 14.4. The molecule has 5 heteroatoms. The van der Waals surface area contributed by atoms with E-state index in [9.17, 15) is 8.42 Å². The Morgan fingerprint density at radius 1 is 0.625 bits per heavy atom. The fourth-order valence-electron chi connectivity index (χ4n) is 5.77. The van der Waals surface area contributed by atoms with Crippen LogP contribution in [0.15, 0.2) is 0 Å². The van der Waals surface area contributed by atoms with Crippen molar-refractivity contribution in [3.63, 3.8) is 0 Å². The Labute approximate surface area is 149 Å². The average Bonchev–Trinajstić information content (AvgIpc) is 2.61. The molecule has 0 atom stereocenters. The molecule has 140 valence electrons. The molecule has 0 heterocycles. The van der Waals surface area contributed by atoms with E-state index in [2.05, 4.69) is 0 Å². The first-order valence-electron chi connectivity index (χ1n) is 10.3. The van der Waals surface area contributed by atoms with Crippen LogP contribution < -0.4 is 0 Å². The molecule has 0 spiro atoms. The van der Waals surface area contributed by atoms with E-state index in [1.54, 1.807) is 0 Å². The zero-order chi connectivity index (χ0) is 17.0. The molecule has 0 aromatic heterocycles. The maximum absolute atomic E-state index is 12.4. The van der Waals surface area contributed by atoms with E-state index in [1.807, 2.05) is 0 Å². The van der Waals surface area contributed by atoms with Crippen LogP contribution in [0.2, 0.25) is 0 Å². The molecular formula is C19H36O3PS+. The van der Waals surface area contributed by atoms with Gasteiger partial charge >= 0.3 is 0 Å². The second-order valence-electron chi connectivity index (χ2n) is 8.42. The fraction of sp³-hybridized carbons (Fsp3) is 1.00. The van der Waals surface area contributed by atoms with E-state index in [0.29, 0.717) is 17.0 Å². The Bertz CT molecular complexity index is 441. The molecule has 24 heavy (non-hydrogen) atoms. The van der Waals surface area contributed by atoms with Crippen LogP contribution in [0.5, 0.6) is 0 Å². The second-order valence-corrected chi connectivity index (χ2v) is 14.1. The molecule has 3 aliphatic carbocycles. The summed E-state index contributed by atoms with van der Waals surface area (Å²) in [6, 6.07) is 0. The summed E-state index contributed by atoms with van der Waals surface area (Å²) in [7, 11) is -5.31. The van der Waals surface area contributed by atoms with Crippen LogP contribution in [-0.2, 0) is 14.1 Å². The third-order valence-corrected chi connectivity index (χ3v) is 13.8. The van der Waals surface area contributed by atoms with Crippen molar-refractivity contribution in [2.45, 2.75) is 113 Å². The number of hydrogen-bond donors (Lipinski definition) is 0.